The molecule has 0 spiro atoms. The summed E-state index contributed by atoms with van der Waals surface area (Å²) in [5.74, 6) is 1.54. The van der Waals surface area contributed by atoms with Gasteiger partial charge in [-0.25, -0.2) is 9.07 Å². The molecule has 2 aliphatic rings. The van der Waals surface area contributed by atoms with Gasteiger partial charge in [-0.1, -0.05) is 18.2 Å². The molecule has 0 unspecified atom stereocenters. The summed E-state index contributed by atoms with van der Waals surface area (Å²) in [6, 6.07) is 11.5. The van der Waals surface area contributed by atoms with Crippen LogP contribution in [0.1, 0.15) is 35.9 Å². The molecule has 31 heavy (non-hydrogen) atoms. The van der Waals surface area contributed by atoms with Crippen molar-refractivity contribution in [1.82, 2.24) is 14.8 Å². The highest BCUT2D eigenvalue weighted by molar-refractivity contribution is 6.00. The summed E-state index contributed by atoms with van der Waals surface area (Å²) in [7, 11) is 3.19. The van der Waals surface area contributed by atoms with Crippen molar-refractivity contribution >= 4 is 11.7 Å². The Morgan fingerprint density at radius 1 is 1.03 bits per heavy atom. The Labute approximate surface area is 178 Å². The highest BCUT2D eigenvalue weighted by Gasteiger charge is 2.39. The number of allylic oxidation sites excluding steroid dienone is 2. The molecule has 1 N–H and O–H groups in total. The molecule has 0 saturated carbocycles. The summed E-state index contributed by atoms with van der Waals surface area (Å²) in [5.41, 5.74) is 3.27. The van der Waals surface area contributed by atoms with Crippen LogP contribution in [0.5, 0.6) is 11.5 Å². The fourth-order valence-electron chi connectivity index (χ4n) is 4.45. The normalized spacial score (nSPS) is 20.0. The van der Waals surface area contributed by atoms with Crippen LogP contribution >= 0.6 is 0 Å². The number of anilines is 1. The zero-order chi connectivity index (χ0) is 21.5. The van der Waals surface area contributed by atoms with Gasteiger partial charge in [0, 0.05) is 17.7 Å². The van der Waals surface area contributed by atoms with Gasteiger partial charge in [0.2, 0.25) is 5.95 Å². The van der Waals surface area contributed by atoms with Gasteiger partial charge in [0.05, 0.1) is 14.2 Å². The van der Waals surface area contributed by atoms with Crippen molar-refractivity contribution in [3.05, 3.63) is 77.0 Å². The molecule has 0 saturated heterocycles. The summed E-state index contributed by atoms with van der Waals surface area (Å²) >= 11 is 0. The number of carbonyl (C=O) groups is 1. The van der Waals surface area contributed by atoms with E-state index in [9.17, 15) is 9.18 Å². The molecule has 3 aromatic rings. The van der Waals surface area contributed by atoms with Gasteiger partial charge in [-0.3, -0.25) is 4.79 Å². The summed E-state index contributed by atoms with van der Waals surface area (Å²) in [5, 5.41) is 7.60. The first-order chi connectivity index (χ1) is 15.1. The van der Waals surface area contributed by atoms with Crippen molar-refractivity contribution in [2.45, 2.75) is 24.8 Å². The number of nitrogens with zero attached hydrogens (tertiary/aromatic N) is 3. The molecule has 0 radical (unpaired) electrons. The number of ketones is 1. The molecule has 2 aromatic carbocycles. The van der Waals surface area contributed by atoms with E-state index >= 15 is 0 Å². The first-order valence-corrected chi connectivity index (χ1v) is 9.99. The molecular formula is C23H21FN4O3. The number of halogens is 1. The molecule has 5 rings (SSSR count). The van der Waals surface area contributed by atoms with Crippen LogP contribution in [-0.2, 0) is 4.79 Å². The monoisotopic (exact) mass is 420 g/mol. The van der Waals surface area contributed by atoms with Crippen LogP contribution in [0, 0.1) is 5.82 Å². The van der Waals surface area contributed by atoms with Crippen molar-refractivity contribution in [2.75, 3.05) is 19.5 Å². The fraction of sp³-hybridized carbons (Fsp3) is 0.261. The Morgan fingerprint density at radius 3 is 2.52 bits per heavy atom. The Balaban J connectivity index is 1.55. The number of nitrogens with one attached hydrogen (secondary N) is 1. The maximum Gasteiger partial charge on any atom is 0.226 e. The maximum atomic E-state index is 13.5. The second kappa shape index (κ2) is 7.54. The van der Waals surface area contributed by atoms with E-state index in [0.29, 0.717) is 35.9 Å². The lowest BCUT2D eigenvalue weighted by atomic mass is 9.78. The van der Waals surface area contributed by atoms with Gasteiger partial charge in [0.1, 0.15) is 18.2 Å². The number of ether oxygens (including phenoxy) is 2. The van der Waals surface area contributed by atoms with Crippen LogP contribution in [0.4, 0.5) is 10.3 Å². The topological polar surface area (TPSA) is 78.3 Å². The molecule has 0 fully saturated rings. The predicted octanol–water partition coefficient (Wildman–Crippen LogP) is 3.85. The highest BCUT2D eigenvalue weighted by atomic mass is 19.1. The van der Waals surface area contributed by atoms with Crippen LogP contribution < -0.4 is 14.8 Å². The van der Waals surface area contributed by atoms with Gasteiger partial charge in [-0.2, -0.15) is 10.1 Å². The quantitative estimate of drug-likeness (QED) is 0.691. The number of hydrogen-bond donors (Lipinski definition) is 1. The standard InChI is InChI=1S/C23H21FN4O3/c1-30-19-8-5-14(11-20(19)31-2)15-9-17-21(18(29)10-15)22(13-3-6-16(24)7-4-13)28-23(27-17)25-12-26-28/h3-8,11-12,15,22H,9-10H2,1-2H3,(H,25,26,27)/t15-,22-/m0/s1. The Kier molecular flexibility index (Phi) is 4.69. The van der Waals surface area contributed by atoms with E-state index in [-0.39, 0.29) is 17.5 Å². The van der Waals surface area contributed by atoms with Crippen molar-refractivity contribution in [3.8, 4) is 11.5 Å². The average molecular weight is 420 g/mol. The fourth-order valence-corrected chi connectivity index (χ4v) is 4.45. The number of carbonyl (C=O) groups excluding carboxylic acids is 1. The highest BCUT2D eigenvalue weighted by Crippen LogP contribution is 2.44. The minimum atomic E-state index is -0.437. The Hall–Kier alpha value is -3.68. The molecule has 1 aliphatic heterocycles. The summed E-state index contributed by atoms with van der Waals surface area (Å²) in [4.78, 5) is 17.7. The molecule has 1 aromatic heterocycles. The number of hydrogen-bond acceptors (Lipinski definition) is 6. The van der Waals surface area contributed by atoms with Crippen molar-refractivity contribution in [2.24, 2.45) is 0 Å². The Bertz CT molecular complexity index is 1190. The molecule has 0 bridgehead atoms. The SMILES string of the molecule is COc1ccc([C@@H]2CC(=O)C3=C(C2)Nc2ncnn2[C@H]3c2ccc(F)cc2)cc1OC. The van der Waals surface area contributed by atoms with Crippen LogP contribution in [0.3, 0.4) is 0 Å². The van der Waals surface area contributed by atoms with E-state index in [1.54, 1.807) is 31.0 Å². The zero-order valence-electron chi connectivity index (χ0n) is 17.1. The third-order valence-corrected chi connectivity index (χ3v) is 5.93. The minimum absolute atomic E-state index is 0.0121. The van der Waals surface area contributed by atoms with Gasteiger partial charge < -0.3 is 14.8 Å². The third-order valence-electron chi connectivity index (χ3n) is 5.93. The van der Waals surface area contributed by atoms with E-state index in [0.717, 1.165) is 16.8 Å². The van der Waals surface area contributed by atoms with Crippen molar-refractivity contribution in [1.29, 1.82) is 0 Å². The van der Waals surface area contributed by atoms with Gasteiger partial charge in [0.15, 0.2) is 17.3 Å². The largest absolute Gasteiger partial charge is 0.493 e. The summed E-state index contributed by atoms with van der Waals surface area (Å²) in [6.07, 6.45) is 2.45. The van der Waals surface area contributed by atoms with E-state index in [4.69, 9.17) is 9.47 Å². The second-order valence-electron chi connectivity index (χ2n) is 7.64. The number of benzene rings is 2. The molecule has 2 heterocycles. The van der Waals surface area contributed by atoms with Gasteiger partial charge in [-0.15, -0.1) is 0 Å². The lowest BCUT2D eigenvalue weighted by molar-refractivity contribution is -0.116. The van der Waals surface area contributed by atoms with E-state index < -0.39 is 6.04 Å². The molecule has 8 heteroatoms. The van der Waals surface area contributed by atoms with Crippen LogP contribution in [0.25, 0.3) is 0 Å². The number of rotatable bonds is 4. The molecule has 158 valence electrons. The number of fused-ring (bicyclic) bond motifs is 1. The summed E-state index contributed by atoms with van der Waals surface area (Å²) in [6.45, 7) is 0. The Morgan fingerprint density at radius 2 is 1.77 bits per heavy atom. The van der Waals surface area contributed by atoms with Crippen LogP contribution in [0.2, 0.25) is 0 Å². The predicted molar refractivity (Wildman–Crippen MR) is 112 cm³/mol. The van der Waals surface area contributed by atoms with Crippen molar-refractivity contribution in [3.63, 3.8) is 0 Å². The molecule has 7 nitrogen and oxygen atoms in total. The lowest BCUT2D eigenvalue weighted by Gasteiger charge is -2.35. The molecule has 1 aliphatic carbocycles. The summed E-state index contributed by atoms with van der Waals surface area (Å²) < 4.78 is 26.0. The van der Waals surface area contributed by atoms with E-state index in [1.165, 1.54) is 18.5 Å². The first kappa shape index (κ1) is 19.3. The van der Waals surface area contributed by atoms with Gasteiger partial charge >= 0.3 is 0 Å². The third kappa shape index (κ3) is 3.24. The van der Waals surface area contributed by atoms with Gasteiger partial charge in [0.25, 0.3) is 0 Å². The molecular weight excluding hydrogens is 399 g/mol. The molecule has 2 atom stereocenters. The number of Topliss-reactive ketones (excluding diaryl/α,β-unsaturated/α-hetero) is 1. The number of methoxy groups -OCH3 is 2. The van der Waals surface area contributed by atoms with Crippen molar-refractivity contribution < 1.29 is 18.7 Å². The second-order valence-corrected chi connectivity index (χ2v) is 7.64. The zero-order valence-corrected chi connectivity index (χ0v) is 17.1. The first-order valence-electron chi connectivity index (χ1n) is 9.99. The average Bonchev–Trinajstić information content (AvgIpc) is 3.26. The molecule has 0 amide bonds. The van der Waals surface area contributed by atoms with Crippen LogP contribution in [-0.4, -0.2) is 34.8 Å². The van der Waals surface area contributed by atoms with Crippen LogP contribution in [0.15, 0.2) is 60.1 Å². The lowest BCUT2D eigenvalue weighted by Crippen LogP contribution is -2.33. The van der Waals surface area contributed by atoms with E-state index in [2.05, 4.69) is 15.4 Å². The van der Waals surface area contributed by atoms with E-state index in [1.807, 2.05) is 18.2 Å². The van der Waals surface area contributed by atoms with Gasteiger partial charge in [-0.05, 0) is 47.7 Å². The maximum absolute atomic E-state index is 13.5. The smallest absolute Gasteiger partial charge is 0.226 e. The minimum Gasteiger partial charge on any atom is -0.493 e. The number of aromatic nitrogens is 3.